The number of carbonyl (C=O) groups is 1. The van der Waals surface area contributed by atoms with Crippen molar-refractivity contribution in [3.05, 3.63) is 35.9 Å². The molecule has 1 aliphatic heterocycles. The third-order valence-electron chi connectivity index (χ3n) is 5.85. The SMILES string of the molecule is CC[C@H](CO)C(=O)N1CC2(CC([C@H](C)c3ccccc3)C2)C1. The Morgan fingerprint density at radius 3 is 2.50 bits per heavy atom. The minimum absolute atomic E-state index is 0.0213. The largest absolute Gasteiger partial charge is 0.396 e. The fourth-order valence-electron chi connectivity index (χ4n) is 4.25. The first kappa shape index (κ1) is 15.5. The normalized spacial score (nSPS) is 22.8. The van der Waals surface area contributed by atoms with Crippen molar-refractivity contribution in [2.45, 2.75) is 39.0 Å². The molecule has 1 saturated carbocycles. The zero-order valence-electron chi connectivity index (χ0n) is 13.7. The molecule has 3 nitrogen and oxygen atoms in total. The lowest BCUT2D eigenvalue weighted by Gasteiger charge is -2.60. The molecule has 1 aliphatic carbocycles. The van der Waals surface area contributed by atoms with E-state index in [0.717, 1.165) is 25.4 Å². The van der Waals surface area contributed by atoms with Crippen LogP contribution in [0.5, 0.6) is 0 Å². The Balaban J connectivity index is 1.50. The lowest BCUT2D eigenvalue weighted by molar-refractivity contribution is -0.161. The highest BCUT2D eigenvalue weighted by atomic mass is 16.3. The average molecular weight is 301 g/mol. The van der Waals surface area contributed by atoms with E-state index >= 15 is 0 Å². The summed E-state index contributed by atoms with van der Waals surface area (Å²) in [6, 6.07) is 10.7. The molecule has 120 valence electrons. The number of amides is 1. The zero-order valence-corrected chi connectivity index (χ0v) is 13.7. The summed E-state index contributed by atoms with van der Waals surface area (Å²) in [5, 5.41) is 9.26. The summed E-state index contributed by atoms with van der Waals surface area (Å²) in [5.41, 5.74) is 1.82. The average Bonchev–Trinajstić information content (AvgIpc) is 2.46. The number of nitrogens with zero attached hydrogens (tertiary/aromatic N) is 1. The van der Waals surface area contributed by atoms with Gasteiger partial charge in [-0.3, -0.25) is 4.79 Å². The van der Waals surface area contributed by atoms with Crippen molar-refractivity contribution >= 4 is 5.91 Å². The van der Waals surface area contributed by atoms with Gasteiger partial charge in [0.2, 0.25) is 5.91 Å². The summed E-state index contributed by atoms with van der Waals surface area (Å²) in [4.78, 5) is 14.2. The van der Waals surface area contributed by atoms with Crippen LogP contribution in [-0.4, -0.2) is 35.6 Å². The van der Waals surface area contributed by atoms with Crippen molar-refractivity contribution < 1.29 is 9.90 Å². The van der Waals surface area contributed by atoms with Gasteiger partial charge in [0.05, 0.1) is 12.5 Å². The van der Waals surface area contributed by atoms with Gasteiger partial charge in [-0.25, -0.2) is 0 Å². The highest BCUT2D eigenvalue weighted by molar-refractivity contribution is 5.80. The van der Waals surface area contributed by atoms with Crippen LogP contribution in [0.4, 0.5) is 0 Å². The first-order valence-corrected chi connectivity index (χ1v) is 8.53. The van der Waals surface area contributed by atoms with Gasteiger partial charge < -0.3 is 10.0 Å². The number of carbonyl (C=O) groups excluding carboxylic acids is 1. The maximum Gasteiger partial charge on any atom is 0.228 e. The lowest BCUT2D eigenvalue weighted by atomic mass is 9.54. The summed E-state index contributed by atoms with van der Waals surface area (Å²) in [7, 11) is 0. The quantitative estimate of drug-likeness (QED) is 0.908. The van der Waals surface area contributed by atoms with Crippen LogP contribution in [0.1, 0.15) is 44.6 Å². The molecule has 2 atom stereocenters. The van der Waals surface area contributed by atoms with Crippen molar-refractivity contribution in [2.75, 3.05) is 19.7 Å². The van der Waals surface area contributed by atoms with Crippen LogP contribution in [0.15, 0.2) is 30.3 Å². The smallest absolute Gasteiger partial charge is 0.228 e. The van der Waals surface area contributed by atoms with Gasteiger partial charge in [-0.05, 0) is 36.7 Å². The monoisotopic (exact) mass is 301 g/mol. The molecule has 0 aromatic heterocycles. The number of likely N-dealkylation sites (tertiary alicyclic amines) is 1. The minimum Gasteiger partial charge on any atom is -0.396 e. The van der Waals surface area contributed by atoms with E-state index in [9.17, 15) is 9.90 Å². The maximum absolute atomic E-state index is 12.2. The second kappa shape index (κ2) is 6.04. The summed E-state index contributed by atoms with van der Waals surface area (Å²) in [5.74, 6) is 1.31. The van der Waals surface area contributed by atoms with Crippen LogP contribution < -0.4 is 0 Å². The molecule has 0 radical (unpaired) electrons. The topological polar surface area (TPSA) is 40.5 Å². The summed E-state index contributed by atoms with van der Waals surface area (Å²) in [6.45, 7) is 6.08. The van der Waals surface area contributed by atoms with Crippen LogP contribution in [0.25, 0.3) is 0 Å². The number of aliphatic hydroxyl groups excluding tert-OH is 1. The van der Waals surface area contributed by atoms with Crippen molar-refractivity contribution in [2.24, 2.45) is 17.3 Å². The third-order valence-corrected chi connectivity index (χ3v) is 5.85. The predicted molar refractivity (Wildman–Crippen MR) is 87.5 cm³/mol. The van der Waals surface area contributed by atoms with Crippen LogP contribution in [0.3, 0.4) is 0 Å². The Bertz CT molecular complexity index is 509. The highest BCUT2D eigenvalue weighted by Gasteiger charge is 2.54. The Kier molecular flexibility index (Phi) is 4.26. The molecule has 3 heteroatoms. The van der Waals surface area contributed by atoms with Gasteiger partial charge in [0.15, 0.2) is 0 Å². The van der Waals surface area contributed by atoms with Crippen LogP contribution in [-0.2, 0) is 4.79 Å². The summed E-state index contributed by atoms with van der Waals surface area (Å²) >= 11 is 0. The van der Waals surface area contributed by atoms with Crippen molar-refractivity contribution in [1.82, 2.24) is 4.90 Å². The Morgan fingerprint density at radius 2 is 1.95 bits per heavy atom. The molecule has 2 aliphatic rings. The van der Waals surface area contributed by atoms with Gasteiger partial charge in [0.25, 0.3) is 0 Å². The van der Waals surface area contributed by atoms with Gasteiger partial charge in [-0.15, -0.1) is 0 Å². The van der Waals surface area contributed by atoms with Crippen LogP contribution in [0, 0.1) is 17.3 Å². The predicted octanol–water partition coefficient (Wildman–Crippen LogP) is 3.05. The zero-order chi connectivity index (χ0) is 15.7. The molecule has 3 rings (SSSR count). The molecule has 0 unspecified atom stereocenters. The molecule has 1 aromatic rings. The van der Waals surface area contributed by atoms with E-state index in [0.29, 0.717) is 11.3 Å². The Hall–Kier alpha value is -1.35. The van der Waals surface area contributed by atoms with Gasteiger partial charge in [-0.2, -0.15) is 0 Å². The minimum atomic E-state index is -0.198. The summed E-state index contributed by atoms with van der Waals surface area (Å²) < 4.78 is 0. The van der Waals surface area contributed by atoms with E-state index in [1.54, 1.807) is 0 Å². The van der Waals surface area contributed by atoms with E-state index in [-0.39, 0.29) is 18.4 Å². The highest BCUT2D eigenvalue weighted by Crippen LogP contribution is 2.56. The first-order valence-electron chi connectivity index (χ1n) is 8.53. The Morgan fingerprint density at radius 1 is 1.32 bits per heavy atom. The van der Waals surface area contributed by atoms with E-state index < -0.39 is 0 Å². The van der Waals surface area contributed by atoms with Crippen molar-refractivity contribution in [1.29, 1.82) is 0 Å². The molecular formula is C19H27NO2. The van der Waals surface area contributed by atoms with E-state index in [1.807, 2.05) is 11.8 Å². The lowest BCUT2D eigenvalue weighted by Crippen LogP contribution is -2.65. The third kappa shape index (κ3) is 2.67. The number of aliphatic hydroxyl groups is 1. The molecule has 1 amide bonds. The van der Waals surface area contributed by atoms with Gasteiger partial charge in [-0.1, -0.05) is 44.2 Å². The molecule has 22 heavy (non-hydrogen) atoms. The maximum atomic E-state index is 12.2. The van der Waals surface area contributed by atoms with Crippen molar-refractivity contribution in [3.8, 4) is 0 Å². The molecule has 0 bridgehead atoms. The van der Waals surface area contributed by atoms with E-state index in [1.165, 1.54) is 18.4 Å². The van der Waals surface area contributed by atoms with Crippen LogP contribution in [0.2, 0.25) is 0 Å². The molecule has 1 heterocycles. The van der Waals surface area contributed by atoms with E-state index in [4.69, 9.17) is 0 Å². The van der Waals surface area contributed by atoms with Gasteiger partial charge >= 0.3 is 0 Å². The van der Waals surface area contributed by atoms with E-state index in [2.05, 4.69) is 37.3 Å². The standard InChI is InChI=1S/C19H27NO2/c1-3-15(11-21)18(22)20-12-19(13-20)9-17(10-19)14(2)16-7-5-4-6-8-16/h4-8,14-15,17,21H,3,9-13H2,1-2H3/t14-,15-/m1/s1. The fourth-order valence-corrected chi connectivity index (χ4v) is 4.25. The fraction of sp³-hybridized carbons (Fsp3) is 0.632. The molecule has 1 N–H and O–H groups in total. The second-order valence-electron chi connectivity index (χ2n) is 7.35. The van der Waals surface area contributed by atoms with Crippen molar-refractivity contribution in [3.63, 3.8) is 0 Å². The molecule has 2 fully saturated rings. The number of hydrogen-bond acceptors (Lipinski definition) is 2. The Labute approximate surface area is 133 Å². The van der Waals surface area contributed by atoms with Gasteiger partial charge in [0, 0.05) is 18.5 Å². The number of hydrogen-bond donors (Lipinski definition) is 1. The second-order valence-corrected chi connectivity index (χ2v) is 7.35. The first-order chi connectivity index (χ1) is 10.6. The molecule has 1 saturated heterocycles. The molecule has 1 aromatic carbocycles. The molecule has 1 spiro atoms. The van der Waals surface area contributed by atoms with Crippen LogP contribution >= 0.6 is 0 Å². The number of rotatable bonds is 5. The number of benzene rings is 1. The summed E-state index contributed by atoms with van der Waals surface area (Å²) in [6.07, 6.45) is 3.21. The van der Waals surface area contributed by atoms with Gasteiger partial charge in [0.1, 0.15) is 0 Å². The molecular weight excluding hydrogens is 274 g/mol.